The maximum atomic E-state index is 4.41. The predicted octanol–water partition coefficient (Wildman–Crippen LogP) is 2.08. The summed E-state index contributed by atoms with van der Waals surface area (Å²) in [5, 5.41) is 3.45. The average molecular weight is 276 g/mol. The number of likely N-dealkylation sites (tertiary alicyclic amines) is 1. The van der Waals surface area contributed by atoms with Gasteiger partial charge in [0.25, 0.3) is 0 Å². The van der Waals surface area contributed by atoms with Crippen LogP contribution in [-0.2, 0) is 6.54 Å². The van der Waals surface area contributed by atoms with Crippen LogP contribution in [0.2, 0.25) is 0 Å². The minimum Gasteiger partial charge on any atom is -0.334 e. The van der Waals surface area contributed by atoms with Crippen LogP contribution >= 0.6 is 0 Å². The van der Waals surface area contributed by atoms with Gasteiger partial charge in [-0.2, -0.15) is 0 Å². The summed E-state index contributed by atoms with van der Waals surface area (Å²) in [5.41, 5.74) is 1.47. The number of aromatic nitrogens is 2. The second-order valence-electron chi connectivity index (χ2n) is 6.57. The first-order valence-corrected chi connectivity index (χ1v) is 8.22. The van der Waals surface area contributed by atoms with Gasteiger partial charge >= 0.3 is 0 Å². The number of imidazole rings is 1. The van der Waals surface area contributed by atoms with Crippen LogP contribution in [0.5, 0.6) is 0 Å². The van der Waals surface area contributed by atoms with Crippen LogP contribution in [-0.4, -0.2) is 47.7 Å². The summed E-state index contributed by atoms with van der Waals surface area (Å²) < 4.78 is 2.42. The van der Waals surface area contributed by atoms with Crippen molar-refractivity contribution in [2.45, 2.75) is 44.6 Å². The van der Waals surface area contributed by atoms with E-state index in [1.807, 2.05) is 6.33 Å². The molecule has 1 aromatic rings. The van der Waals surface area contributed by atoms with Crippen LogP contribution in [0.1, 0.15) is 43.7 Å². The van der Waals surface area contributed by atoms with Gasteiger partial charge in [0.15, 0.2) is 0 Å². The Morgan fingerprint density at radius 2 is 1.95 bits per heavy atom. The number of nitrogens with zero attached hydrogens (tertiary/aromatic N) is 3. The largest absolute Gasteiger partial charge is 0.334 e. The van der Waals surface area contributed by atoms with Crippen LogP contribution in [0.4, 0.5) is 0 Å². The highest BCUT2D eigenvalue weighted by Gasteiger charge is 2.20. The Bertz CT molecular complexity index is 400. The molecule has 20 heavy (non-hydrogen) atoms. The van der Waals surface area contributed by atoms with Crippen molar-refractivity contribution in [3.05, 3.63) is 18.2 Å². The molecule has 0 aromatic carbocycles. The lowest BCUT2D eigenvalue weighted by Gasteiger charge is -2.29. The summed E-state index contributed by atoms with van der Waals surface area (Å²) >= 11 is 0. The van der Waals surface area contributed by atoms with Gasteiger partial charge in [-0.15, -0.1) is 0 Å². The zero-order chi connectivity index (χ0) is 13.8. The molecule has 3 rings (SSSR count). The fourth-order valence-corrected chi connectivity index (χ4v) is 3.65. The van der Waals surface area contributed by atoms with E-state index in [4.69, 9.17) is 0 Å². The first-order chi connectivity index (χ1) is 9.83. The highest BCUT2D eigenvalue weighted by atomic mass is 15.1. The van der Waals surface area contributed by atoms with Crippen LogP contribution < -0.4 is 5.32 Å². The maximum absolute atomic E-state index is 4.41. The van der Waals surface area contributed by atoms with Crippen molar-refractivity contribution in [3.63, 3.8) is 0 Å². The molecule has 2 aliphatic rings. The van der Waals surface area contributed by atoms with Gasteiger partial charge in [-0.25, -0.2) is 4.98 Å². The third kappa shape index (κ3) is 3.41. The molecule has 2 saturated heterocycles. The molecule has 0 spiro atoms. The van der Waals surface area contributed by atoms with Crippen molar-refractivity contribution >= 4 is 0 Å². The van der Waals surface area contributed by atoms with Gasteiger partial charge in [0.2, 0.25) is 0 Å². The first-order valence-electron chi connectivity index (χ1n) is 8.22. The Kier molecular flexibility index (Phi) is 4.73. The van der Waals surface area contributed by atoms with Crippen molar-refractivity contribution in [3.8, 4) is 0 Å². The van der Waals surface area contributed by atoms with E-state index in [0.717, 1.165) is 31.5 Å². The van der Waals surface area contributed by atoms with Crippen molar-refractivity contribution in [2.24, 2.45) is 5.92 Å². The molecule has 0 amide bonds. The standard InChI is InChI=1S/C16H28N4/c1-19-9-4-14(5-10-19)6-11-20-13-18-12-16(20)15-2-7-17-8-3-15/h12-15,17H,2-11H2,1H3. The monoisotopic (exact) mass is 276 g/mol. The SMILES string of the molecule is CN1CCC(CCn2cncc2C2CCNCC2)CC1. The van der Waals surface area contributed by atoms with Crippen molar-refractivity contribution in [1.82, 2.24) is 19.8 Å². The van der Waals surface area contributed by atoms with E-state index in [9.17, 15) is 0 Å². The summed E-state index contributed by atoms with van der Waals surface area (Å²) in [6.07, 6.45) is 10.7. The molecule has 0 atom stereocenters. The Labute approximate surface area is 122 Å². The van der Waals surface area contributed by atoms with Crippen molar-refractivity contribution in [2.75, 3.05) is 33.2 Å². The van der Waals surface area contributed by atoms with Crippen molar-refractivity contribution in [1.29, 1.82) is 0 Å². The van der Waals surface area contributed by atoms with Crippen molar-refractivity contribution < 1.29 is 0 Å². The smallest absolute Gasteiger partial charge is 0.0948 e. The molecule has 4 nitrogen and oxygen atoms in total. The summed E-state index contributed by atoms with van der Waals surface area (Å²) in [6.45, 7) is 6.02. The zero-order valence-corrected chi connectivity index (χ0v) is 12.7. The number of hydrogen-bond donors (Lipinski definition) is 1. The Balaban J connectivity index is 1.54. The lowest BCUT2D eigenvalue weighted by Crippen LogP contribution is -2.31. The lowest BCUT2D eigenvalue weighted by atomic mass is 9.93. The van der Waals surface area contributed by atoms with E-state index in [0.29, 0.717) is 0 Å². The summed E-state index contributed by atoms with van der Waals surface area (Å²) in [7, 11) is 2.24. The number of rotatable bonds is 4. The molecular formula is C16H28N4. The van der Waals surface area contributed by atoms with Gasteiger partial charge in [0.1, 0.15) is 0 Å². The molecule has 3 heterocycles. The Morgan fingerprint density at radius 3 is 2.70 bits per heavy atom. The number of hydrogen-bond acceptors (Lipinski definition) is 3. The van der Waals surface area contributed by atoms with Crippen LogP contribution in [0.25, 0.3) is 0 Å². The Morgan fingerprint density at radius 1 is 1.20 bits per heavy atom. The quantitative estimate of drug-likeness (QED) is 0.914. The Hall–Kier alpha value is -0.870. The normalized spacial score (nSPS) is 23.2. The molecular weight excluding hydrogens is 248 g/mol. The number of nitrogens with one attached hydrogen (secondary N) is 1. The summed E-state index contributed by atoms with van der Waals surface area (Å²) in [4.78, 5) is 6.86. The van der Waals surface area contributed by atoms with Gasteiger partial charge < -0.3 is 14.8 Å². The molecule has 0 unspecified atom stereocenters. The van der Waals surface area contributed by atoms with Gasteiger partial charge in [0.05, 0.1) is 6.33 Å². The minimum atomic E-state index is 0.719. The van der Waals surface area contributed by atoms with E-state index in [1.165, 1.54) is 50.9 Å². The molecule has 0 bridgehead atoms. The fourth-order valence-electron chi connectivity index (χ4n) is 3.65. The molecule has 0 aliphatic carbocycles. The minimum absolute atomic E-state index is 0.719. The van der Waals surface area contributed by atoms with Crippen LogP contribution in [0.15, 0.2) is 12.5 Å². The molecule has 1 aromatic heterocycles. The van der Waals surface area contributed by atoms with Gasteiger partial charge in [-0.1, -0.05) is 0 Å². The summed E-state index contributed by atoms with van der Waals surface area (Å²) in [5.74, 6) is 1.63. The topological polar surface area (TPSA) is 33.1 Å². The molecule has 0 saturated carbocycles. The fraction of sp³-hybridized carbons (Fsp3) is 0.812. The van der Waals surface area contributed by atoms with Crippen LogP contribution in [0.3, 0.4) is 0 Å². The van der Waals surface area contributed by atoms with E-state index < -0.39 is 0 Å². The maximum Gasteiger partial charge on any atom is 0.0948 e. The van der Waals surface area contributed by atoms with E-state index in [2.05, 4.69) is 33.0 Å². The van der Waals surface area contributed by atoms with Gasteiger partial charge in [0, 0.05) is 24.4 Å². The molecule has 2 fully saturated rings. The van der Waals surface area contributed by atoms with E-state index in [1.54, 1.807) is 0 Å². The number of piperidine rings is 2. The van der Waals surface area contributed by atoms with Gasteiger partial charge in [-0.05, 0) is 71.2 Å². The molecule has 2 aliphatic heterocycles. The second kappa shape index (κ2) is 6.72. The van der Waals surface area contributed by atoms with E-state index in [-0.39, 0.29) is 0 Å². The number of aryl methyl sites for hydroxylation is 1. The first kappa shape index (κ1) is 14.1. The highest BCUT2D eigenvalue weighted by Crippen LogP contribution is 2.26. The van der Waals surface area contributed by atoms with E-state index >= 15 is 0 Å². The molecule has 4 heteroatoms. The lowest BCUT2D eigenvalue weighted by molar-refractivity contribution is 0.207. The molecule has 1 N–H and O–H groups in total. The molecule has 0 radical (unpaired) electrons. The predicted molar refractivity (Wildman–Crippen MR) is 81.9 cm³/mol. The summed E-state index contributed by atoms with van der Waals surface area (Å²) in [6, 6.07) is 0. The highest BCUT2D eigenvalue weighted by molar-refractivity contribution is 5.07. The third-order valence-electron chi connectivity index (χ3n) is 5.12. The average Bonchev–Trinajstić information content (AvgIpc) is 2.96. The van der Waals surface area contributed by atoms with Gasteiger partial charge in [-0.3, -0.25) is 0 Å². The third-order valence-corrected chi connectivity index (χ3v) is 5.12. The second-order valence-corrected chi connectivity index (χ2v) is 6.57. The van der Waals surface area contributed by atoms with Crippen LogP contribution in [0, 0.1) is 5.92 Å². The zero-order valence-electron chi connectivity index (χ0n) is 12.7. The molecule has 112 valence electrons.